The van der Waals surface area contributed by atoms with Crippen LogP contribution in [0.25, 0.3) is 0 Å². The van der Waals surface area contributed by atoms with Gasteiger partial charge in [-0.25, -0.2) is 13.4 Å². The van der Waals surface area contributed by atoms with Crippen molar-refractivity contribution in [3.63, 3.8) is 0 Å². The number of nitrogens with one attached hydrogen (secondary N) is 1. The minimum atomic E-state index is -4.17. The number of anilines is 1. The van der Waals surface area contributed by atoms with Gasteiger partial charge in [-0.1, -0.05) is 32.9 Å². The van der Waals surface area contributed by atoms with Crippen LogP contribution in [0.1, 0.15) is 68.6 Å². The monoisotopic (exact) mass is 598 g/mol. The Morgan fingerprint density at radius 1 is 1.15 bits per heavy atom. The first kappa shape index (κ1) is 29.5. The number of hydrogen-bond donors (Lipinski definition) is 1. The Labute approximate surface area is 238 Å². The maximum atomic E-state index is 13.6. The number of rotatable bonds is 9. The molecule has 5 rings (SSSR count). The summed E-state index contributed by atoms with van der Waals surface area (Å²) in [6.45, 7) is 7.76. The zero-order valence-corrected chi connectivity index (χ0v) is 24.7. The quantitative estimate of drug-likeness (QED) is 0.414. The smallest absolute Gasteiger partial charge is 0.302 e. The summed E-state index contributed by atoms with van der Waals surface area (Å²) in [4.78, 5) is 22.9. The average molecular weight is 599 g/mol. The minimum absolute atomic E-state index is 0.0223. The van der Waals surface area contributed by atoms with Gasteiger partial charge in [0.2, 0.25) is 5.91 Å². The number of amides is 1. The van der Waals surface area contributed by atoms with Gasteiger partial charge in [-0.05, 0) is 55.2 Å². The molecule has 7 nitrogen and oxygen atoms in total. The summed E-state index contributed by atoms with van der Waals surface area (Å²) in [7, 11) is -3.29. The number of carbonyl (C=O) groups excluding carboxylic acids is 1. The third kappa shape index (κ3) is 6.39. The van der Waals surface area contributed by atoms with E-state index in [9.17, 15) is 26.4 Å². The predicted molar refractivity (Wildman–Crippen MR) is 149 cm³/mol. The van der Waals surface area contributed by atoms with Crippen LogP contribution in [0.3, 0.4) is 0 Å². The maximum absolute atomic E-state index is 13.6. The Hall–Kier alpha value is -2.02. The molecule has 3 aliphatic rings. The zero-order chi connectivity index (χ0) is 28.8. The van der Waals surface area contributed by atoms with Crippen LogP contribution in [0, 0.1) is 11.8 Å². The molecule has 2 fully saturated rings. The normalized spacial score (nSPS) is 24.4. The second kappa shape index (κ2) is 11.3. The van der Waals surface area contributed by atoms with Crippen LogP contribution >= 0.6 is 11.3 Å². The lowest BCUT2D eigenvalue weighted by molar-refractivity contribution is -0.197. The summed E-state index contributed by atoms with van der Waals surface area (Å²) in [5.74, 6) is 0.246. The van der Waals surface area contributed by atoms with Gasteiger partial charge >= 0.3 is 6.18 Å². The summed E-state index contributed by atoms with van der Waals surface area (Å²) in [6, 6.07) is 5.19. The molecule has 0 radical (unpaired) electrons. The van der Waals surface area contributed by atoms with E-state index in [-0.39, 0.29) is 53.3 Å². The van der Waals surface area contributed by atoms with Crippen LogP contribution in [0.15, 0.2) is 29.2 Å². The molecule has 220 valence electrons. The topological polar surface area (TPSA) is 82.6 Å². The molecule has 3 heterocycles. The fourth-order valence-corrected chi connectivity index (χ4v) is 8.11. The number of fused-ring (bicyclic) bond motifs is 1. The van der Waals surface area contributed by atoms with Gasteiger partial charge in [-0.15, -0.1) is 11.3 Å². The number of hydrogen-bond acceptors (Lipinski definition) is 7. The molecule has 1 aromatic heterocycles. The average Bonchev–Trinajstić information content (AvgIpc) is 3.58. The number of aromatic nitrogens is 1. The molecule has 0 spiro atoms. The van der Waals surface area contributed by atoms with Gasteiger partial charge < -0.3 is 5.32 Å². The van der Waals surface area contributed by atoms with E-state index in [1.165, 1.54) is 23.5 Å². The largest absolute Gasteiger partial charge is 0.404 e. The molecule has 2 aliphatic heterocycles. The number of thiazole rings is 1. The lowest BCUT2D eigenvalue weighted by Gasteiger charge is -2.42. The van der Waals surface area contributed by atoms with Gasteiger partial charge in [-0.3, -0.25) is 14.6 Å². The Morgan fingerprint density at radius 3 is 2.45 bits per heavy atom. The van der Waals surface area contributed by atoms with Gasteiger partial charge in [0.15, 0.2) is 15.0 Å². The molecule has 1 aromatic carbocycles. The van der Waals surface area contributed by atoms with Crippen molar-refractivity contribution in [2.45, 2.75) is 88.6 Å². The number of likely N-dealkylation sites (tertiary alicyclic amines) is 1. The van der Waals surface area contributed by atoms with Crippen molar-refractivity contribution in [2.75, 3.05) is 24.2 Å². The minimum Gasteiger partial charge on any atom is -0.302 e. The van der Waals surface area contributed by atoms with E-state index in [0.717, 1.165) is 30.0 Å². The molecule has 2 unspecified atom stereocenters. The van der Waals surface area contributed by atoms with E-state index in [1.54, 1.807) is 24.0 Å². The highest BCUT2D eigenvalue weighted by atomic mass is 32.2. The molecule has 0 bridgehead atoms. The second-order valence-corrected chi connectivity index (χ2v) is 15.0. The second-order valence-electron chi connectivity index (χ2n) is 11.6. The molecule has 1 aliphatic carbocycles. The highest BCUT2D eigenvalue weighted by molar-refractivity contribution is 7.91. The van der Waals surface area contributed by atoms with Crippen molar-refractivity contribution in [3.05, 3.63) is 40.4 Å². The lowest BCUT2D eigenvalue weighted by Crippen LogP contribution is -2.53. The van der Waals surface area contributed by atoms with Crippen molar-refractivity contribution in [2.24, 2.45) is 11.8 Å². The highest BCUT2D eigenvalue weighted by Gasteiger charge is 2.50. The summed E-state index contributed by atoms with van der Waals surface area (Å²) in [5, 5.41) is 3.43. The van der Waals surface area contributed by atoms with Crippen molar-refractivity contribution < 1.29 is 26.4 Å². The first-order chi connectivity index (χ1) is 18.9. The predicted octanol–water partition coefficient (Wildman–Crippen LogP) is 5.44. The number of halogens is 3. The number of carbonyl (C=O) groups is 1. The number of piperidine rings is 1. The Bertz CT molecular complexity index is 1320. The van der Waals surface area contributed by atoms with E-state index < -0.39 is 22.1 Å². The van der Waals surface area contributed by atoms with Crippen LogP contribution in [0.4, 0.5) is 18.3 Å². The standard InChI is InChI=1S/C28H37F3N4O3S2/c1-4-40(37,38)21-10-5-18(6-11-21)13-24(36)32-27-33-25-22(39-27)16-34(26(25)17(2)3)14-19-7-12-23(28(29,30)31)35(15-19)20-8-9-20/h5-6,10-11,17,19-20,23,26H,4,7-9,12-16H2,1-3H3,(H,32,33,36)/t19-,23?,26?/m1/s1. The molecule has 12 heteroatoms. The van der Waals surface area contributed by atoms with E-state index in [2.05, 4.69) is 24.1 Å². The SMILES string of the molecule is CCS(=O)(=O)c1ccc(CC(=O)Nc2nc3c(s2)CN(C[C@H]2CCC(C(F)(F)F)N(C4CC4)C2)C3C(C)C)cc1. The van der Waals surface area contributed by atoms with Gasteiger partial charge in [0.1, 0.15) is 6.04 Å². The molecular formula is C28H37F3N4O3S2. The molecule has 1 saturated heterocycles. The van der Waals surface area contributed by atoms with Gasteiger partial charge in [-0.2, -0.15) is 13.2 Å². The van der Waals surface area contributed by atoms with Gasteiger partial charge in [0.25, 0.3) is 0 Å². The van der Waals surface area contributed by atoms with Crippen molar-refractivity contribution in [1.29, 1.82) is 0 Å². The summed E-state index contributed by atoms with van der Waals surface area (Å²) < 4.78 is 64.9. The first-order valence-electron chi connectivity index (χ1n) is 14.0. The third-order valence-corrected chi connectivity index (χ3v) is 11.0. The van der Waals surface area contributed by atoms with Crippen molar-refractivity contribution in [1.82, 2.24) is 14.8 Å². The summed E-state index contributed by atoms with van der Waals surface area (Å²) in [5.41, 5.74) is 1.66. The van der Waals surface area contributed by atoms with Gasteiger partial charge in [0, 0.05) is 30.6 Å². The summed E-state index contributed by atoms with van der Waals surface area (Å²) in [6.07, 6.45) is -1.61. The van der Waals surface area contributed by atoms with E-state index >= 15 is 0 Å². The van der Waals surface area contributed by atoms with E-state index in [0.29, 0.717) is 30.2 Å². The van der Waals surface area contributed by atoms with Crippen LogP contribution in [0.2, 0.25) is 0 Å². The van der Waals surface area contributed by atoms with Crippen LogP contribution in [-0.2, 0) is 27.6 Å². The Morgan fingerprint density at radius 2 is 1.85 bits per heavy atom. The molecule has 2 aromatic rings. The number of nitrogens with zero attached hydrogens (tertiary/aromatic N) is 3. The molecule has 1 N–H and O–H groups in total. The van der Waals surface area contributed by atoms with Crippen molar-refractivity contribution in [3.8, 4) is 0 Å². The van der Waals surface area contributed by atoms with Crippen LogP contribution in [0.5, 0.6) is 0 Å². The van der Waals surface area contributed by atoms with Gasteiger partial charge in [0.05, 0.1) is 28.8 Å². The lowest BCUT2D eigenvalue weighted by atomic mass is 9.90. The molecule has 40 heavy (non-hydrogen) atoms. The van der Waals surface area contributed by atoms with E-state index in [4.69, 9.17) is 4.98 Å². The van der Waals surface area contributed by atoms with Crippen molar-refractivity contribution >= 4 is 32.2 Å². The highest BCUT2D eigenvalue weighted by Crippen LogP contribution is 2.45. The summed E-state index contributed by atoms with van der Waals surface area (Å²) >= 11 is 1.45. The molecule has 1 amide bonds. The fraction of sp³-hybridized carbons (Fsp3) is 0.643. The first-order valence-corrected chi connectivity index (χ1v) is 16.5. The third-order valence-electron chi connectivity index (χ3n) is 8.26. The number of benzene rings is 1. The van der Waals surface area contributed by atoms with Crippen LogP contribution in [-0.4, -0.2) is 66.2 Å². The maximum Gasteiger partial charge on any atom is 0.404 e. The van der Waals surface area contributed by atoms with E-state index in [1.807, 2.05) is 0 Å². The van der Waals surface area contributed by atoms with Crippen LogP contribution < -0.4 is 5.32 Å². The molecular weight excluding hydrogens is 561 g/mol. The Balaban J connectivity index is 1.20. The molecule has 1 saturated carbocycles. The fourth-order valence-electron chi connectivity index (χ4n) is 6.18. The molecule has 3 atom stereocenters. The zero-order valence-electron chi connectivity index (χ0n) is 23.1. The Kier molecular flexibility index (Phi) is 8.35. The number of alkyl halides is 3. The number of sulfone groups is 1.